The lowest BCUT2D eigenvalue weighted by Gasteiger charge is -2.32. The highest BCUT2D eigenvalue weighted by Crippen LogP contribution is 2.20. The minimum absolute atomic E-state index is 0.601. The Hall–Kier alpha value is -0.930. The third-order valence-corrected chi connectivity index (χ3v) is 4.25. The van der Waals surface area contributed by atoms with E-state index in [9.17, 15) is 0 Å². The Kier molecular flexibility index (Phi) is 5.34. The van der Waals surface area contributed by atoms with Gasteiger partial charge in [0, 0.05) is 31.0 Å². The zero-order valence-corrected chi connectivity index (χ0v) is 12.5. The van der Waals surface area contributed by atoms with Crippen LogP contribution in [0.25, 0.3) is 0 Å². The molecule has 1 fully saturated rings. The first-order valence-electron chi connectivity index (χ1n) is 7.57. The van der Waals surface area contributed by atoms with Crippen molar-refractivity contribution in [1.29, 1.82) is 0 Å². The molecule has 1 heterocycles. The quantitative estimate of drug-likeness (QED) is 0.780. The van der Waals surface area contributed by atoms with Gasteiger partial charge >= 0.3 is 0 Å². The van der Waals surface area contributed by atoms with E-state index in [1.807, 2.05) is 12.4 Å². The fraction of sp³-hybridized carbons (Fsp3) is 0.688. The molecule has 3 nitrogen and oxygen atoms in total. The lowest BCUT2D eigenvalue weighted by molar-refractivity contribution is 0.159. The van der Waals surface area contributed by atoms with Crippen molar-refractivity contribution in [2.45, 2.75) is 52.2 Å². The van der Waals surface area contributed by atoms with Crippen LogP contribution in [0.3, 0.4) is 0 Å². The van der Waals surface area contributed by atoms with Crippen LogP contribution >= 0.6 is 0 Å². The van der Waals surface area contributed by atoms with Crippen molar-refractivity contribution in [2.75, 3.05) is 13.1 Å². The van der Waals surface area contributed by atoms with E-state index >= 15 is 0 Å². The van der Waals surface area contributed by atoms with Gasteiger partial charge in [-0.05, 0) is 56.5 Å². The number of nitrogens with zero attached hydrogens (tertiary/aromatic N) is 2. The van der Waals surface area contributed by atoms with Crippen molar-refractivity contribution >= 4 is 0 Å². The van der Waals surface area contributed by atoms with Crippen LogP contribution in [0.15, 0.2) is 24.5 Å². The first-order valence-corrected chi connectivity index (χ1v) is 7.57. The summed E-state index contributed by atoms with van der Waals surface area (Å²) in [5.41, 5.74) is 1.35. The molecule has 1 aliphatic carbocycles. The number of hydrogen-bond acceptors (Lipinski definition) is 3. The molecule has 2 rings (SSSR count). The zero-order valence-electron chi connectivity index (χ0n) is 12.5. The minimum atomic E-state index is 0.601. The first-order chi connectivity index (χ1) is 9.20. The van der Waals surface area contributed by atoms with Crippen LogP contribution in [-0.2, 0) is 6.54 Å². The Bertz CT molecular complexity index is 362. The number of hydrogen-bond donors (Lipinski definition) is 1. The second kappa shape index (κ2) is 7.01. The molecule has 0 radical (unpaired) electrons. The topological polar surface area (TPSA) is 28.2 Å². The standard InChI is InChI=1S/C16H27N3/c1-4-19(12-15-7-9-17-10-8-15)14(3)13(2)11-18-16-5-6-16/h7-10,13-14,16,18H,4-6,11-12H2,1-3H3. The molecule has 2 unspecified atom stereocenters. The van der Waals surface area contributed by atoms with E-state index in [1.54, 1.807) is 0 Å². The highest BCUT2D eigenvalue weighted by Gasteiger charge is 2.24. The predicted octanol–water partition coefficient (Wildman–Crippen LogP) is 2.68. The van der Waals surface area contributed by atoms with Crippen molar-refractivity contribution in [1.82, 2.24) is 15.2 Å². The summed E-state index contributed by atoms with van der Waals surface area (Å²) in [6, 6.07) is 5.64. The fourth-order valence-corrected chi connectivity index (χ4v) is 2.44. The van der Waals surface area contributed by atoms with E-state index in [0.29, 0.717) is 12.0 Å². The van der Waals surface area contributed by atoms with Gasteiger partial charge in [0.15, 0.2) is 0 Å². The number of rotatable bonds is 8. The Labute approximate surface area is 117 Å². The monoisotopic (exact) mass is 261 g/mol. The largest absolute Gasteiger partial charge is 0.314 e. The molecule has 106 valence electrons. The maximum atomic E-state index is 4.09. The fourth-order valence-electron chi connectivity index (χ4n) is 2.44. The van der Waals surface area contributed by atoms with E-state index in [4.69, 9.17) is 0 Å². The minimum Gasteiger partial charge on any atom is -0.314 e. The summed E-state index contributed by atoms with van der Waals surface area (Å²) >= 11 is 0. The molecule has 1 saturated carbocycles. The molecule has 2 atom stereocenters. The van der Waals surface area contributed by atoms with Gasteiger partial charge in [-0.2, -0.15) is 0 Å². The van der Waals surface area contributed by atoms with Crippen molar-refractivity contribution in [3.8, 4) is 0 Å². The molecule has 19 heavy (non-hydrogen) atoms. The van der Waals surface area contributed by atoms with Gasteiger partial charge < -0.3 is 5.32 Å². The highest BCUT2D eigenvalue weighted by molar-refractivity contribution is 5.09. The van der Waals surface area contributed by atoms with Crippen molar-refractivity contribution in [3.05, 3.63) is 30.1 Å². The van der Waals surface area contributed by atoms with E-state index in [1.165, 1.54) is 18.4 Å². The van der Waals surface area contributed by atoms with E-state index < -0.39 is 0 Å². The second-order valence-corrected chi connectivity index (χ2v) is 5.82. The maximum absolute atomic E-state index is 4.09. The molecule has 0 bridgehead atoms. The van der Waals surface area contributed by atoms with Gasteiger partial charge in [0.2, 0.25) is 0 Å². The van der Waals surface area contributed by atoms with E-state index in [-0.39, 0.29) is 0 Å². The van der Waals surface area contributed by atoms with Crippen molar-refractivity contribution in [3.63, 3.8) is 0 Å². The molecule has 0 aliphatic heterocycles. The third kappa shape index (κ3) is 4.59. The normalized spacial score (nSPS) is 18.5. The predicted molar refractivity (Wildman–Crippen MR) is 80.0 cm³/mol. The Morgan fingerprint density at radius 2 is 2.00 bits per heavy atom. The summed E-state index contributed by atoms with van der Waals surface area (Å²) in [4.78, 5) is 6.64. The molecule has 0 spiro atoms. The average molecular weight is 261 g/mol. The van der Waals surface area contributed by atoms with Gasteiger partial charge in [-0.3, -0.25) is 9.88 Å². The molecular weight excluding hydrogens is 234 g/mol. The third-order valence-electron chi connectivity index (χ3n) is 4.25. The molecular formula is C16H27N3. The highest BCUT2D eigenvalue weighted by atomic mass is 15.2. The summed E-state index contributed by atoms with van der Waals surface area (Å²) in [6.45, 7) is 10.2. The summed E-state index contributed by atoms with van der Waals surface area (Å²) in [5, 5.41) is 3.64. The number of aromatic nitrogens is 1. The maximum Gasteiger partial charge on any atom is 0.0271 e. The number of pyridine rings is 1. The lowest BCUT2D eigenvalue weighted by atomic mass is 10.0. The summed E-state index contributed by atoms with van der Waals surface area (Å²) < 4.78 is 0. The Morgan fingerprint density at radius 3 is 2.58 bits per heavy atom. The van der Waals surface area contributed by atoms with Crippen LogP contribution in [0, 0.1) is 5.92 Å². The van der Waals surface area contributed by atoms with Crippen molar-refractivity contribution in [2.24, 2.45) is 5.92 Å². The van der Waals surface area contributed by atoms with Crippen LogP contribution < -0.4 is 5.32 Å². The van der Waals surface area contributed by atoms with Crippen LogP contribution in [-0.4, -0.2) is 35.1 Å². The molecule has 0 aromatic carbocycles. The molecule has 1 aromatic heterocycles. The average Bonchev–Trinajstić information content (AvgIpc) is 3.26. The summed E-state index contributed by atoms with van der Waals surface area (Å²) in [6.07, 6.45) is 6.50. The van der Waals surface area contributed by atoms with Gasteiger partial charge in [-0.25, -0.2) is 0 Å². The molecule has 0 amide bonds. The van der Waals surface area contributed by atoms with Crippen LogP contribution in [0.1, 0.15) is 39.2 Å². The SMILES string of the molecule is CCN(Cc1ccncc1)C(C)C(C)CNC1CC1. The molecule has 1 aromatic rings. The molecule has 0 saturated heterocycles. The lowest BCUT2D eigenvalue weighted by Crippen LogP contribution is -2.41. The van der Waals surface area contributed by atoms with Crippen LogP contribution in [0.5, 0.6) is 0 Å². The summed E-state index contributed by atoms with van der Waals surface area (Å²) in [5.74, 6) is 0.683. The van der Waals surface area contributed by atoms with Gasteiger partial charge in [0.1, 0.15) is 0 Å². The number of nitrogens with one attached hydrogen (secondary N) is 1. The smallest absolute Gasteiger partial charge is 0.0271 e. The molecule has 3 heteroatoms. The van der Waals surface area contributed by atoms with Crippen LogP contribution in [0.4, 0.5) is 0 Å². The van der Waals surface area contributed by atoms with Crippen molar-refractivity contribution < 1.29 is 0 Å². The second-order valence-electron chi connectivity index (χ2n) is 5.82. The zero-order chi connectivity index (χ0) is 13.7. The molecule has 1 N–H and O–H groups in total. The Balaban J connectivity index is 1.84. The van der Waals surface area contributed by atoms with Gasteiger partial charge in [0.25, 0.3) is 0 Å². The van der Waals surface area contributed by atoms with Gasteiger partial charge in [-0.15, -0.1) is 0 Å². The summed E-state index contributed by atoms with van der Waals surface area (Å²) in [7, 11) is 0. The van der Waals surface area contributed by atoms with Crippen LogP contribution in [0.2, 0.25) is 0 Å². The molecule has 1 aliphatic rings. The van der Waals surface area contributed by atoms with E-state index in [2.05, 4.69) is 48.1 Å². The van der Waals surface area contributed by atoms with Gasteiger partial charge in [0.05, 0.1) is 0 Å². The Morgan fingerprint density at radius 1 is 1.32 bits per heavy atom. The van der Waals surface area contributed by atoms with E-state index in [0.717, 1.165) is 25.7 Å². The first kappa shape index (κ1) is 14.5. The van der Waals surface area contributed by atoms with Gasteiger partial charge in [-0.1, -0.05) is 13.8 Å².